The highest BCUT2D eigenvalue weighted by Gasteiger charge is 2.43. The Hall–Kier alpha value is -1.54. The number of hydrogen-bond acceptors (Lipinski definition) is 2. The molecule has 2 heteroatoms. The van der Waals surface area contributed by atoms with Crippen LogP contribution in [0, 0.1) is 5.92 Å². The van der Waals surface area contributed by atoms with Gasteiger partial charge in [0.15, 0.2) is 0 Å². The van der Waals surface area contributed by atoms with Crippen LogP contribution in [0.3, 0.4) is 0 Å². The van der Waals surface area contributed by atoms with Gasteiger partial charge in [-0.2, -0.15) is 0 Å². The van der Waals surface area contributed by atoms with Crippen LogP contribution in [0.25, 0.3) is 10.8 Å². The molecule has 0 aromatic heterocycles. The Bertz CT molecular complexity index is 576. The maximum Gasteiger partial charge on any atom is 0.122 e. The number of benzene rings is 2. The monoisotopic (exact) mass is 241 g/mol. The number of ether oxygens (including phenoxy) is 1. The van der Waals surface area contributed by atoms with E-state index in [4.69, 9.17) is 10.5 Å². The Morgan fingerprint density at radius 1 is 1.22 bits per heavy atom. The molecule has 0 saturated heterocycles. The second-order valence-electron chi connectivity index (χ2n) is 5.27. The Morgan fingerprint density at radius 2 is 2.00 bits per heavy atom. The van der Waals surface area contributed by atoms with E-state index < -0.39 is 0 Å². The number of hydrogen-bond donors (Lipinski definition) is 1. The third-order valence-corrected chi connectivity index (χ3v) is 4.04. The maximum atomic E-state index is 6.02. The molecule has 94 valence electrons. The lowest BCUT2D eigenvalue weighted by Crippen LogP contribution is -2.18. The van der Waals surface area contributed by atoms with Crippen LogP contribution in [0.4, 0.5) is 0 Å². The van der Waals surface area contributed by atoms with Crippen LogP contribution in [0.2, 0.25) is 0 Å². The van der Waals surface area contributed by atoms with Crippen LogP contribution < -0.4 is 10.5 Å². The molecule has 3 rings (SSSR count). The van der Waals surface area contributed by atoms with Gasteiger partial charge < -0.3 is 10.5 Å². The minimum atomic E-state index is 0.263. The van der Waals surface area contributed by atoms with Gasteiger partial charge in [0, 0.05) is 11.6 Å². The van der Waals surface area contributed by atoms with Crippen molar-refractivity contribution in [1.29, 1.82) is 0 Å². The van der Waals surface area contributed by atoms with Gasteiger partial charge in [0.1, 0.15) is 5.75 Å². The molecule has 0 bridgehead atoms. The SMILES string of the molecule is COc1ccc2ccccc2c1C1CC1C(C)N. The molecular formula is C16H19NO. The van der Waals surface area contributed by atoms with Crippen molar-refractivity contribution in [3.63, 3.8) is 0 Å². The van der Waals surface area contributed by atoms with Gasteiger partial charge in [-0.05, 0) is 42.0 Å². The fraction of sp³-hybridized carbons (Fsp3) is 0.375. The molecule has 1 saturated carbocycles. The van der Waals surface area contributed by atoms with Crippen LogP contribution in [-0.2, 0) is 0 Å². The Morgan fingerprint density at radius 3 is 2.67 bits per heavy atom. The zero-order valence-corrected chi connectivity index (χ0v) is 10.9. The Balaban J connectivity index is 2.14. The first kappa shape index (κ1) is 11.5. The van der Waals surface area contributed by atoms with Crippen molar-refractivity contribution in [2.24, 2.45) is 11.7 Å². The summed E-state index contributed by atoms with van der Waals surface area (Å²) in [5, 5.41) is 2.59. The summed E-state index contributed by atoms with van der Waals surface area (Å²) in [5.41, 5.74) is 7.37. The summed E-state index contributed by atoms with van der Waals surface area (Å²) in [6, 6.07) is 13.0. The van der Waals surface area contributed by atoms with Crippen molar-refractivity contribution in [1.82, 2.24) is 0 Å². The van der Waals surface area contributed by atoms with Gasteiger partial charge in [-0.15, -0.1) is 0 Å². The highest BCUT2D eigenvalue weighted by molar-refractivity contribution is 5.88. The molecule has 3 atom stereocenters. The van der Waals surface area contributed by atoms with Crippen LogP contribution >= 0.6 is 0 Å². The van der Waals surface area contributed by atoms with Gasteiger partial charge in [-0.25, -0.2) is 0 Å². The van der Waals surface area contributed by atoms with Crippen molar-refractivity contribution in [2.75, 3.05) is 7.11 Å². The molecule has 1 aliphatic rings. The zero-order chi connectivity index (χ0) is 12.7. The lowest BCUT2D eigenvalue weighted by Gasteiger charge is -2.13. The average molecular weight is 241 g/mol. The van der Waals surface area contributed by atoms with E-state index in [1.54, 1.807) is 7.11 Å². The summed E-state index contributed by atoms with van der Waals surface area (Å²) in [7, 11) is 1.75. The second-order valence-corrected chi connectivity index (χ2v) is 5.27. The summed E-state index contributed by atoms with van der Waals surface area (Å²) in [6.07, 6.45) is 1.18. The van der Waals surface area contributed by atoms with Gasteiger partial charge in [0.25, 0.3) is 0 Å². The van der Waals surface area contributed by atoms with Crippen molar-refractivity contribution in [3.05, 3.63) is 42.0 Å². The third kappa shape index (κ3) is 1.77. The first-order valence-electron chi connectivity index (χ1n) is 6.53. The summed E-state index contributed by atoms with van der Waals surface area (Å²) >= 11 is 0. The summed E-state index contributed by atoms with van der Waals surface area (Å²) in [6.45, 7) is 2.10. The van der Waals surface area contributed by atoms with Crippen molar-refractivity contribution in [3.8, 4) is 5.75 Å². The quantitative estimate of drug-likeness (QED) is 0.894. The molecule has 2 N–H and O–H groups in total. The summed E-state index contributed by atoms with van der Waals surface area (Å²) in [5.74, 6) is 2.16. The van der Waals surface area contributed by atoms with Crippen LogP contribution in [0.5, 0.6) is 5.75 Å². The molecule has 1 fully saturated rings. The van der Waals surface area contributed by atoms with Gasteiger partial charge in [0.2, 0.25) is 0 Å². The molecule has 0 spiro atoms. The van der Waals surface area contributed by atoms with Gasteiger partial charge >= 0.3 is 0 Å². The molecule has 2 nitrogen and oxygen atoms in total. The molecule has 18 heavy (non-hydrogen) atoms. The average Bonchev–Trinajstić information content (AvgIpc) is 3.17. The van der Waals surface area contributed by atoms with E-state index in [0.717, 1.165) is 5.75 Å². The fourth-order valence-corrected chi connectivity index (χ4v) is 2.96. The highest BCUT2D eigenvalue weighted by Crippen LogP contribution is 2.53. The van der Waals surface area contributed by atoms with Crippen molar-refractivity contribution < 1.29 is 4.74 Å². The predicted octanol–water partition coefficient (Wildman–Crippen LogP) is 3.30. The Kier molecular flexibility index (Phi) is 2.75. The first-order valence-corrected chi connectivity index (χ1v) is 6.53. The molecule has 1 aliphatic carbocycles. The fourth-order valence-electron chi connectivity index (χ4n) is 2.96. The number of methoxy groups -OCH3 is 1. The van der Waals surface area contributed by atoms with Crippen LogP contribution in [-0.4, -0.2) is 13.2 Å². The second kappa shape index (κ2) is 4.29. The van der Waals surface area contributed by atoms with Gasteiger partial charge in [-0.3, -0.25) is 0 Å². The van der Waals surface area contributed by atoms with Crippen LogP contribution in [0.1, 0.15) is 24.8 Å². The van der Waals surface area contributed by atoms with Crippen molar-refractivity contribution in [2.45, 2.75) is 25.3 Å². The topological polar surface area (TPSA) is 35.2 Å². The van der Waals surface area contributed by atoms with E-state index >= 15 is 0 Å². The highest BCUT2D eigenvalue weighted by atomic mass is 16.5. The molecule has 0 heterocycles. The van der Waals surface area contributed by atoms with E-state index in [0.29, 0.717) is 11.8 Å². The molecule has 0 amide bonds. The summed E-state index contributed by atoms with van der Waals surface area (Å²) < 4.78 is 5.54. The van der Waals surface area contributed by atoms with E-state index in [1.807, 2.05) is 0 Å². The lowest BCUT2D eigenvalue weighted by atomic mass is 9.98. The molecule has 2 aromatic carbocycles. The maximum absolute atomic E-state index is 6.02. The van der Waals surface area contributed by atoms with Crippen molar-refractivity contribution >= 4 is 10.8 Å². The predicted molar refractivity (Wildman–Crippen MR) is 75.0 cm³/mol. The molecule has 3 unspecified atom stereocenters. The van der Waals surface area contributed by atoms with E-state index in [9.17, 15) is 0 Å². The van der Waals surface area contributed by atoms with E-state index in [1.165, 1.54) is 22.8 Å². The third-order valence-electron chi connectivity index (χ3n) is 4.04. The normalized spacial score (nSPS) is 23.9. The molecule has 0 aliphatic heterocycles. The Labute approximate surface area is 108 Å². The number of fused-ring (bicyclic) bond motifs is 1. The lowest BCUT2D eigenvalue weighted by molar-refractivity contribution is 0.409. The summed E-state index contributed by atoms with van der Waals surface area (Å²) in [4.78, 5) is 0. The number of rotatable bonds is 3. The number of nitrogens with two attached hydrogens (primary N) is 1. The largest absolute Gasteiger partial charge is 0.496 e. The standard InChI is InChI=1S/C16H19NO/c1-10(17)13-9-14(13)16-12-6-4-3-5-11(12)7-8-15(16)18-2/h3-8,10,13-14H,9,17H2,1-2H3. The van der Waals surface area contributed by atoms with Gasteiger partial charge in [0.05, 0.1) is 7.11 Å². The van der Waals surface area contributed by atoms with E-state index in [-0.39, 0.29) is 6.04 Å². The molecular weight excluding hydrogens is 222 g/mol. The zero-order valence-electron chi connectivity index (χ0n) is 10.9. The van der Waals surface area contributed by atoms with Gasteiger partial charge in [-0.1, -0.05) is 30.3 Å². The molecule has 2 aromatic rings. The minimum absolute atomic E-state index is 0.263. The van der Waals surface area contributed by atoms with Crippen LogP contribution in [0.15, 0.2) is 36.4 Å². The smallest absolute Gasteiger partial charge is 0.122 e. The first-order chi connectivity index (χ1) is 8.72. The van der Waals surface area contributed by atoms with E-state index in [2.05, 4.69) is 43.3 Å². The minimum Gasteiger partial charge on any atom is -0.496 e. The molecule has 0 radical (unpaired) electrons.